The van der Waals surface area contributed by atoms with E-state index in [1.807, 2.05) is 18.3 Å². The van der Waals surface area contributed by atoms with Crippen LogP contribution in [0.1, 0.15) is 19.7 Å². The zero-order valence-electron chi connectivity index (χ0n) is 11.7. The summed E-state index contributed by atoms with van der Waals surface area (Å²) in [5.74, 6) is 1.76. The van der Waals surface area contributed by atoms with Crippen LogP contribution in [-0.4, -0.2) is 40.1 Å². The molecule has 0 aromatic carbocycles. The van der Waals surface area contributed by atoms with Crippen LogP contribution < -0.4 is 0 Å². The molecule has 4 heteroatoms. The first kappa shape index (κ1) is 13.0. The van der Waals surface area contributed by atoms with Gasteiger partial charge in [-0.3, -0.25) is 0 Å². The maximum absolute atomic E-state index is 4.71. The Kier molecular flexibility index (Phi) is 3.97. The molecule has 0 aliphatic rings. The molecule has 4 nitrogen and oxygen atoms in total. The van der Waals surface area contributed by atoms with Crippen LogP contribution in [0, 0.1) is 5.92 Å². The molecule has 0 unspecified atom stereocenters. The Labute approximate surface area is 109 Å². The molecule has 0 amide bonds. The van der Waals surface area contributed by atoms with Crippen LogP contribution in [0.15, 0.2) is 18.3 Å². The van der Waals surface area contributed by atoms with Crippen molar-refractivity contribution in [2.75, 3.05) is 20.6 Å². The van der Waals surface area contributed by atoms with Crippen molar-refractivity contribution in [2.24, 2.45) is 5.92 Å². The molecule has 0 atom stereocenters. The van der Waals surface area contributed by atoms with E-state index >= 15 is 0 Å². The minimum absolute atomic E-state index is 0.611. The Morgan fingerprint density at radius 1 is 1.33 bits per heavy atom. The molecule has 0 bridgehead atoms. The van der Waals surface area contributed by atoms with Gasteiger partial charge >= 0.3 is 0 Å². The average molecular weight is 246 g/mol. The number of hydrogen-bond acceptors (Lipinski definition) is 3. The van der Waals surface area contributed by atoms with Crippen LogP contribution in [0.3, 0.4) is 0 Å². The van der Waals surface area contributed by atoms with Crippen molar-refractivity contribution in [3.05, 3.63) is 24.2 Å². The molecule has 0 aliphatic carbocycles. The number of likely N-dealkylation sites (N-methyl/N-ethyl adjacent to an activating group) is 1. The van der Waals surface area contributed by atoms with Gasteiger partial charge < -0.3 is 9.47 Å². The van der Waals surface area contributed by atoms with Crippen LogP contribution in [0.4, 0.5) is 0 Å². The van der Waals surface area contributed by atoms with Crippen molar-refractivity contribution in [3.8, 4) is 0 Å². The highest BCUT2D eigenvalue weighted by Crippen LogP contribution is 2.16. The average Bonchev–Trinajstić information content (AvgIpc) is 2.62. The second-order valence-corrected chi connectivity index (χ2v) is 5.43. The summed E-state index contributed by atoms with van der Waals surface area (Å²) in [5, 5.41) is 0. The molecule has 0 saturated heterocycles. The molecular formula is C14H22N4. The van der Waals surface area contributed by atoms with E-state index in [2.05, 4.69) is 42.4 Å². The molecular weight excluding hydrogens is 224 g/mol. The van der Waals surface area contributed by atoms with E-state index in [0.717, 1.165) is 36.5 Å². The zero-order valence-corrected chi connectivity index (χ0v) is 11.7. The Hall–Kier alpha value is -1.42. The molecule has 2 aromatic rings. The second kappa shape index (κ2) is 5.48. The standard InChI is InChI=1S/C14H22N4/c1-11(2)10-13-16-12-6-5-7-15-14(12)18(13)9-8-17(3)4/h5-7,11H,8-10H2,1-4H3. The normalized spacial score (nSPS) is 11.9. The van der Waals surface area contributed by atoms with Gasteiger partial charge in [0.15, 0.2) is 5.65 Å². The monoisotopic (exact) mass is 246 g/mol. The van der Waals surface area contributed by atoms with Gasteiger partial charge in [-0.1, -0.05) is 13.8 Å². The molecule has 0 aliphatic heterocycles. The van der Waals surface area contributed by atoms with Crippen molar-refractivity contribution < 1.29 is 0 Å². The van der Waals surface area contributed by atoms with Crippen molar-refractivity contribution in [3.63, 3.8) is 0 Å². The van der Waals surface area contributed by atoms with Gasteiger partial charge in [0.05, 0.1) is 0 Å². The van der Waals surface area contributed by atoms with Crippen LogP contribution >= 0.6 is 0 Å². The molecule has 0 N–H and O–H groups in total. The fourth-order valence-electron chi connectivity index (χ4n) is 2.06. The van der Waals surface area contributed by atoms with Gasteiger partial charge in [-0.05, 0) is 32.1 Å². The third kappa shape index (κ3) is 2.88. The van der Waals surface area contributed by atoms with E-state index in [4.69, 9.17) is 4.98 Å². The minimum Gasteiger partial charge on any atom is -0.311 e. The van der Waals surface area contributed by atoms with Crippen LogP contribution in [0.5, 0.6) is 0 Å². The number of rotatable bonds is 5. The third-order valence-corrected chi connectivity index (χ3v) is 2.94. The lowest BCUT2D eigenvalue weighted by Crippen LogP contribution is -2.20. The fourth-order valence-corrected chi connectivity index (χ4v) is 2.06. The zero-order chi connectivity index (χ0) is 13.1. The highest BCUT2D eigenvalue weighted by Gasteiger charge is 2.12. The number of imidazole rings is 1. The quantitative estimate of drug-likeness (QED) is 0.811. The van der Waals surface area contributed by atoms with Crippen molar-refractivity contribution >= 4 is 11.2 Å². The summed E-state index contributed by atoms with van der Waals surface area (Å²) in [7, 11) is 4.18. The molecule has 0 fully saturated rings. The molecule has 2 rings (SSSR count). The SMILES string of the molecule is CC(C)Cc1nc2cccnc2n1CCN(C)C. The van der Waals surface area contributed by atoms with Gasteiger partial charge in [-0.25, -0.2) is 9.97 Å². The van der Waals surface area contributed by atoms with Gasteiger partial charge in [0, 0.05) is 25.7 Å². The summed E-state index contributed by atoms with van der Waals surface area (Å²) in [5.41, 5.74) is 2.02. The minimum atomic E-state index is 0.611. The smallest absolute Gasteiger partial charge is 0.160 e. The second-order valence-electron chi connectivity index (χ2n) is 5.43. The van der Waals surface area contributed by atoms with E-state index in [1.54, 1.807) is 0 Å². The molecule has 0 saturated carbocycles. The maximum Gasteiger partial charge on any atom is 0.160 e. The summed E-state index contributed by atoms with van der Waals surface area (Å²) in [6.07, 6.45) is 2.85. The summed E-state index contributed by atoms with van der Waals surface area (Å²) >= 11 is 0. The van der Waals surface area contributed by atoms with Crippen molar-refractivity contribution in [1.82, 2.24) is 19.4 Å². The number of aromatic nitrogens is 3. The molecule has 2 aromatic heterocycles. The van der Waals surface area contributed by atoms with E-state index in [0.29, 0.717) is 5.92 Å². The lowest BCUT2D eigenvalue weighted by molar-refractivity contribution is 0.381. The molecule has 2 heterocycles. The first-order valence-electron chi connectivity index (χ1n) is 6.52. The van der Waals surface area contributed by atoms with Crippen molar-refractivity contribution in [2.45, 2.75) is 26.8 Å². The fraction of sp³-hybridized carbons (Fsp3) is 0.571. The first-order valence-corrected chi connectivity index (χ1v) is 6.52. The summed E-state index contributed by atoms with van der Waals surface area (Å²) in [4.78, 5) is 11.4. The Morgan fingerprint density at radius 3 is 2.78 bits per heavy atom. The molecule has 18 heavy (non-hydrogen) atoms. The number of pyridine rings is 1. The Morgan fingerprint density at radius 2 is 2.11 bits per heavy atom. The topological polar surface area (TPSA) is 34.0 Å². The van der Waals surface area contributed by atoms with Crippen LogP contribution in [-0.2, 0) is 13.0 Å². The predicted octanol–water partition coefficient (Wildman–Crippen LogP) is 2.19. The van der Waals surface area contributed by atoms with E-state index in [-0.39, 0.29) is 0 Å². The molecule has 0 spiro atoms. The Bertz CT molecular complexity index is 513. The van der Waals surface area contributed by atoms with E-state index in [1.165, 1.54) is 0 Å². The Balaban J connectivity index is 2.37. The lowest BCUT2D eigenvalue weighted by atomic mass is 10.1. The third-order valence-electron chi connectivity index (χ3n) is 2.94. The first-order chi connectivity index (χ1) is 8.58. The van der Waals surface area contributed by atoms with E-state index in [9.17, 15) is 0 Å². The number of nitrogens with zero attached hydrogens (tertiary/aromatic N) is 4. The largest absolute Gasteiger partial charge is 0.311 e. The van der Waals surface area contributed by atoms with Gasteiger partial charge in [0.1, 0.15) is 11.3 Å². The number of fused-ring (bicyclic) bond motifs is 1. The summed E-state index contributed by atoms with van der Waals surface area (Å²) in [6, 6.07) is 3.99. The molecule has 98 valence electrons. The van der Waals surface area contributed by atoms with E-state index < -0.39 is 0 Å². The number of hydrogen-bond donors (Lipinski definition) is 0. The van der Waals surface area contributed by atoms with Gasteiger partial charge in [0.25, 0.3) is 0 Å². The van der Waals surface area contributed by atoms with Crippen LogP contribution in [0.2, 0.25) is 0 Å². The van der Waals surface area contributed by atoms with Gasteiger partial charge in [-0.2, -0.15) is 0 Å². The van der Waals surface area contributed by atoms with Crippen LogP contribution in [0.25, 0.3) is 11.2 Å². The van der Waals surface area contributed by atoms with Crippen molar-refractivity contribution in [1.29, 1.82) is 0 Å². The maximum atomic E-state index is 4.71. The van der Waals surface area contributed by atoms with Gasteiger partial charge in [-0.15, -0.1) is 0 Å². The lowest BCUT2D eigenvalue weighted by Gasteiger charge is -2.13. The summed E-state index contributed by atoms with van der Waals surface area (Å²) < 4.78 is 2.26. The predicted molar refractivity (Wildman–Crippen MR) is 74.6 cm³/mol. The highest BCUT2D eigenvalue weighted by molar-refractivity contribution is 5.71. The van der Waals surface area contributed by atoms with Gasteiger partial charge in [0.2, 0.25) is 0 Å². The highest BCUT2D eigenvalue weighted by atomic mass is 15.2. The summed E-state index contributed by atoms with van der Waals surface area (Å²) in [6.45, 7) is 6.40. The molecule has 0 radical (unpaired) electrons.